The molecule has 1 aromatic carbocycles. The summed E-state index contributed by atoms with van der Waals surface area (Å²) in [4.78, 5) is 0. The number of ether oxygens (including phenoxy) is 1. The van der Waals surface area contributed by atoms with Gasteiger partial charge in [-0.15, -0.1) is 5.10 Å². The van der Waals surface area contributed by atoms with E-state index in [1.54, 1.807) is 11.8 Å². The van der Waals surface area contributed by atoms with E-state index in [4.69, 9.17) is 4.74 Å². The van der Waals surface area contributed by atoms with Gasteiger partial charge in [-0.05, 0) is 43.9 Å². The molecule has 0 saturated heterocycles. The second kappa shape index (κ2) is 6.12. The van der Waals surface area contributed by atoms with Crippen molar-refractivity contribution in [2.75, 3.05) is 13.7 Å². The van der Waals surface area contributed by atoms with Crippen LogP contribution in [0.1, 0.15) is 37.8 Å². The molecule has 114 valence electrons. The van der Waals surface area contributed by atoms with Crippen LogP contribution in [0.2, 0.25) is 0 Å². The minimum atomic E-state index is -0.392. The molecule has 1 fully saturated rings. The number of benzene rings is 1. The van der Waals surface area contributed by atoms with Gasteiger partial charge in [0.05, 0.1) is 10.9 Å². The summed E-state index contributed by atoms with van der Waals surface area (Å²) < 4.78 is 20.7. The van der Waals surface area contributed by atoms with Gasteiger partial charge >= 0.3 is 0 Å². The Labute approximate surface area is 124 Å². The molecule has 1 N–H and O–H groups in total. The molecule has 1 aromatic heterocycles. The first-order valence-electron chi connectivity index (χ1n) is 7.60. The van der Waals surface area contributed by atoms with Crippen LogP contribution in [0.4, 0.5) is 4.39 Å². The molecule has 1 atom stereocenters. The summed E-state index contributed by atoms with van der Waals surface area (Å²) in [6.45, 7) is 3.48. The molecule has 0 bridgehead atoms. The molecular weight excluding hydrogens is 269 g/mol. The Balaban J connectivity index is 1.84. The molecule has 1 heterocycles. The highest BCUT2D eigenvalue weighted by molar-refractivity contribution is 5.80. The predicted octanol–water partition coefficient (Wildman–Crippen LogP) is 3.02. The highest BCUT2D eigenvalue weighted by Gasteiger charge is 2.23. The number of methoxy groups -OCH3 is 1. The number of hydrogen-bond donors (Lipinski definition) is 1. The average molecular weight is 291 g/mol. The number of halogens is 1. The van der Waals surface area contributed by atoms with Crippen molar-refractivity contribution in [1.82, 2.24) is 15.1 Å². The van der Waals surface area contributed by atoms with Gasteiger partial charge in [0.25, 0.3) is 0 Å². The first-order chi connectivity index (χ1) is 10.2. The number of aromatic nitrogens is 2. The summed E-state index contributed by atoms with van der Waals surface area (Å²) in [7, 11) is 1.67. The fourth-order valence-electron chi connectivity index (χ4n) is 2.65. The normalized spacial score (nSPS) is 16.5. The average Bonchev–Trinajstić information content (AvgIpc) is 3.24. The van der Waals surface area contributed by atoms with Crippen molar-refractivity contribution in [3.63, 3.8) is 0 Å². The number of rotatable bonds is 7. The van der Waals surface area contributed by atoms with Crippen molar-refractivity contribution in [2.24, 2.45) is 0 Å². The van der Waals surface area contributed by atoms with Gasteiger partial charge in [0, 0.05) is 32.3 Å². The quantitative estimate of drug-likeness (QED) is 0.797. The van der Waals surface area contributed by atoms with Gasteiger partial charge in [-0.3, -0.25) is 4.68 Å². The van der Waals surface area contributed by atoms with Crippen LogP contribution in [-0.4, -0.2) is 29.5 Å². The Morgan fingerprint density at radius 2 is 2.29 bits per heavy atom. The minimum absolute atomic E-state index is 0.285. The van der Waals surface area contributed by atoms with Gasteiger partial charge in [-0.25, -0.2) is 0 Å². The van der Waals surface area contributed by atoms with E-state index < -0.39 is 5.95 Å². The smallest absolute Gasteiger partial charge is 0.240 e. The van der Waals surface area contributed by atoms with E-state index >= 15 is 0 Å². The molecule has 21 heavy (non-hydrogen) atoms. The molecule has 1 saturated carbocycles. The van der Waals surface area contributed by atoms with Crippen molar-refractivity contribution in [1.29, 1.82) is 0 Å². The molecule has 2 aromatic rings. The second-order valence-electron chi connectivity index (χ2n) is 5.80. The molecule has 0 amide bonds. The van der Waals surface area contributed by atoms with Gasteiger partial charge in [-0.2, -0.15) is 4.39 Å². The van der Waals surface area contributed by atoms with E-state index in [1.165, 1.54) is 18.4 Å². The summed E-state index contributed by atoms with van der Waals surface area (Å²) in [6.07, 6.45) is 3.35. The Kier molecular flexibility index (Phi) is 4.22. The van der Waals surface area contributed by atoms with Gasteiger partial charge in [0.15, 0.2) is 0 Å². The van der Waals surface area contributed by atoms with Crippen LogP contribution in [-0.2, 0) is 11.3 Å². The van der Waals surface area contributed by atoms with Crippen molar-refractivity contribution in [2.45, 2.75) is 44.8 Å². The standard InChI is InChI=1S/C16H22FN3O/c1-11(18-13-5-6-13)12-4-7-14-15(10-12)20(19-16(14)17)8-3-9-21-2/h4,7,10-11,13,18H,3,5-6,8-9H2,1-2H3. The first-order valence-corrected chi connectivity index (χ1v) is 7.60. The molecule has 0 radical (unpaired) electrons. The van der Waals surface area contributed by atoms with Crippen molar-refractivity contribution in [3.8, 4) is 0 Å². The lowest BCUT2D eigenvalue weighted by molar-refractivity contribution is 0.189. The molecular formula is C16H22FN3O. The van der Waals surface area contributed by atoms with Crippen molar-refractivity contribution in [3.05, 3.63) is 29.7 Å². The highest BCUT2D eigenvalue weighted by atomic mass is 19.1. The van der Waals surface area contributed by atoms with E-state index in [2.05, 4.69) is 23.4 Å². The SMILES string of the molecule is COCCCn1nc(F)c2ccc(C(C)NC3CC3)cc21. The van der Waals surface area contributed by atoms with Crippen LogP contribution >= 0.6 is 0 Å². The largest absolute Gasteiger partial charge is 0.385 e. The number of nitrogens with one attached hydrogen (secondary N) is 1. The van der Waals surface area contributed by atoms with Gasteiger partial charge in [0.1, 0.15) is 0 Å². The van der Waals surface area contributed by atoms with Crippen LogP contribution in [0.3, 0.4) is 0 Å². The minimum Gasteiger partial charge on any atom is -0.385 e. The van der Waals surface area contributed by atoms with Crippen LogP contribution in [0, 0.1) is 5.95 Å². The fraction of sp³-hybridized carbons (Fsp3) is 0.562. The third-order valence-corrected chi connectivity index (χ3v) is 4.01. The number of fused-ring (bicyclic) bond motifs is 1. The van der Waals surface area contributed by atoms with Crippen molar-refractivity contribution >= 4 is 10.9 Å². The van der Waals surface area contributed by atoms with Crippen LogP contribution in [0.5, 0.6) is 0 Å². The van der Waals surface area contributed by atoms with Crippen LogP contribution in [0.25, 0.3) is 10.9 Å². The summed E-state index contributed by atoms with van der Waals surface area (Å²) >= 11 is 0. The molecule has 0 spiro atoms. The third kappa shape index (κ3) is 3.24. The van der Waals surface area contributed by atoms with Gasteiger partial charge in [-0.1, -0.05) is 6.07 Å². The van der Waals surface area contributed by atoms with Crippen LogP contribution in [0.15, 0.2) is 18.2 Å². The molecule has 5 heteroatoms. The Bertz CT molecular complexity index is 621. The van der Waals surface area contributed by atoms with E-state index in [1.807, 2.05) is 12.1 Å². The molecule has 0 aliphatic heterocycles. The van der Waals surface area contributed by atoms with E-state index in [0.717, 1.165) is 11.9 Å². The van der Waals surface area contributed by atoms with Gasteiger partial charge < -0.3 is 10.1 Å². The second-order valence-corrected chi connectivity index (χ2v) is 5.80. The zero-order chi connectivity index (χ0) is 14.8. The summed E-state index contributed by atoms with van der Waals surface area (Å²) in [6, 6.07) is 6.82. The van der Waals surface area contributed by atoms with E-state index in [9.17, 15) is 4.39 Å². The van der Waals surface area contributed by atoms with Crippen molar-refractivity contribution < 1.29 is 9.13 Å². The zero-order valence-corrected chi connectivity index (χ0v) is 12.6. The monoisotopic (exact) mass is 291 g/mol. The maximum Gasteiger partial charge on any atom is 0.240 e. The Morgan fingerprint density at radius 1 is 1.48 bits per heavy atom. The summed E-state index contributed by atoms with van der Waals surface area (Å²) in [5.74, 6) is -0.392. The topological polar surface area (TPSA) is 39.1 Å². The Morgan fingerprint density at radius 3 is 3.00 bits per heavy atom. The summed E-state index contributed by atoms with van der Waals surface area (Å²) in [5.41, 5.74) is 2.05. The van der Waals surface area contributed by atoms with Gasteiger partial charge in [0.2, 0.25) is 5.95 Å². The zero-order valence-electron chi connectivity index (χ0n) is 12.6. The summed E-state index contributed by atoms with van der Waals surface area (Å²) in [5, 5.41) is 8.17. The Hall–Kier alpha value is -1.46. The number of nitrogens with zero attached hydrogens (tertiary/aromatic N) is 2. The maximum absolute atomic E-state index is 13.9. The van der Waals surface area contributed by atoms with E-state index in [0.29, 0.717) is 24.6 Å². The maximum atomic E-state index is 13.9. The lowest BCUT2D eigenvalue weighted by Gasteiger charge is -2.14. The lowest BCUT2D eigenvalue weighted by Crippen LogP contribution is -2.20. The number of hydrogen-bond acceptors (Lipinski definition) is 3. The molecule has 4 nitrogen and oxygen atoms in total. The van der Waals surface area contributed by atoms with Crippen LogP contribution < -0.4 is 5.32 Å². The predicted molar refractivity (Wildman–Crippen MR) is 80.8 cm³/mol. The molecule has 1 unspecified atom stereocenters. The highest BCUT2D eigenvalue weighted by Crippen LogP contribution is 2.26. The molecule has 3 rings (SSSR count). The lowest BCUT2D eigenvalue weighted by atomic mass is 10.1. The number of aryl methyl sites for hydroxylation is 1. The molecule has 1 aliphatic carbocycles. The molecule has 1 aliphatic rings. The third-order valence-electron chi connectivity index (χ3n) is 4.01. The van der Waals surface area contributed by atoms with E-state index in [-0.39, 0.29) is 6.04 Å². The fourth-order valence-corrected chi connectivity index (χ4v) is 2.65. The first kappa shape index (κ1) is 14.5.